The van der Waals surface area contributed by atoms with Crippen LogP contribution in [-0.4, -0.2) is 30.6 Å². The summed E-state index contributed by atoms with van der Waals surface area (Å²) < 4.78 is 10.4. The Morgan fingerprint density at radius 3 is 2.75 bits per heavy atom. The van der Waals surface area contributed by atoms with Crippen molar-refractivity contribution in [3.63, 3.8) is 0 Å². The van der Waals surface area contributed by atoms with Crippen molar-refractivity contribution in [1.29, 1.82) is 0 Å². The lowest BCUT2D eigenvalue weighted by atomic mass is 10.1. The van der Waals surface area contributed by atoms with Crippen LogP contribution in [0, 0.1) is 0 Å². The van der Waals surface area contributed by atoms with Crippen LogP contribution >= 0.6 is 0 Å². The fourth-order valence-corrected chi connectivity index (χ4v) is 1.12. The highest BCUT2D eigenvalue weighted by Gasteiger charge is 2.32. The number of Topliss-reactive ketones (excluding diaryl/α,β-unsaturated/α-hetero) is 1. The molecule has 1 heterocycles. The van der Waals surface area contributed by atoms with E-state index in [1.165, 1.54) is 0 Å². The summed E-state index contributed by atoms with van der Waals surface area (Å²) >= 11 is 0. The minimum Gasteiger partial charge on any atom is -0.350 e. The van der Waals surface area contributed by atoms with Crippen molar-refractivity contribution in [2.45, 2.75) is 32.2 Å². The standard InChI is InChI=1S/C8H12O4/c1-8(2)11-4-3-7(12-8)6(10)5-9/h5,7H,3-4H2,1-2H3. The van der Waals surface area contributed by atoms with E-state index in [1.54, 1.807) is 13.8 Å². The van der Waals surface area contributed by atoms with Gasteiger partial charge in [0, 0.05) is 6.42 Å². The van der Waals surface area contributed by atoms with Crippen molar-refractivity contribution < 1.29 is 19.1 Å². The van der Waals surface area contributed by atoms with E-state index in [1.807, 2.05) is 0 Å². The first-order valence-electron chi connectivity index (χ1n) is 3.86. The molecule has 68 valence electrons. The molecule has 0 N–H and O–H groups in total. The summed E-state index contributed by atoms with van der Waals surface area (Å²) in [7, 11) is 0. The van der Waals surface area contributed by atoms with Gasteiger partial charge in [-0.1, -0.05) is 0 Å². The zero-order valence-corrected chi connectivity index (χ0v) is 7.20. The molecular formula is C8H12O4. The third-order valence-corrected chi connectivity index (χ3v) is 1.69. The van der Waals surface area contributed by atoms with E-state index in [-0.39, 0.29) is 0 Å². The molecule has 4 heteroatoms. The summed E-state index contributed by atoms with van der Waals surface area (Å²) in [6.07, 6.45) is 0.138. The van der Waals surface area contributed by atoms with Gasteiger partial charge >= 0.3 is 0 Å². The van der Waals surface area contributed by atoms with Gasteiger partial charge in [-0.2, -0.15) is 0 Å². The van der Waals surface area contributed by atoms with Gasteiger partial charge in [0.05, 0.1) is 6.61 Å². The van der Waals surface area contributed by atoms with Crippen molar-refractivity contribution in [3.8, 4) is 0 Å². The predicted molar refractivity (Wildman–Crippen MR) is 40.6 cm³/mol. The Balaban J connectivity index is 2.57. The van der Waals surface area contributed by atoms with E-state index in [9.17, 15) is 9.59 Å². The van der Waals surface area contributed by atoms with Crippen molar-refractivity contribution in [2.75, 3.05) is 6.61 Å². The van der Waals surface area contributed by atoms with Crippen LogP contribution in [0.5, 0.6) is 0 Å². The van der Waals surface area contributed by atoms with Gasteiger partial charge in [-0.25, -0.2) is 0 Å². The molecular weight excluding hydrogens is 160 g/mol. The first-order valence-corrected chi connectivity index (χ1v) is 3.86. The lowest BCUT2D eigenvalue weighted by Crippen LogP contribution is -2.43. The zero-order valence-electron chi connectivity index (χ0n) is 7.20. The Morgan fingerprint density at radius 1 is 1.58 bits per heavy atom. The largest absolute Gasteiger partial charge is 0.350 e. The van der Waals surface area contributed by atoms with Gasteiger partial charge < -0.3 is 9.47 Å². The quantitative estimate of drug-likeness (QED) is 0.444. The van der Waals surface area contributed by atoms with E-state index < -0.39 is 17.7 Å². The topological polar surface area (TPSA) is 52.6 Å². The number of hydrogen-bond donors (Lipinski definition) is 0. The molecule has 0 radical (unpaired) electrons. The number of carbonyl (C=O) groups excluding carboxylic acids is 2. The first kappa shape index (κ1) is 9.35. The summed E-state index contributed by atoms with van der Waals surface area (Å²) in [5.41, 5.74) is 0. The highest BCUT2D eigenvalue weighted by atomic mass is 16.7. The Hall–Kier alpha value is -0.740. The molecule has 1 atom stereocenters. The molecule has 12 heavy (non-hydrogen) atoms. The summed E-state index contributed by atoms with van der Waals surface area (Å²) in [5.74, 6) is -1.26. The normalized spacial score (nSPS) is 28.0. The molecule has 0 aliphatic carbocycles. The molecule has 1 rings (SSSR count). The molecule has 0 aromatic heterocycles. The van der Waals surface area contributed by atoms with Gasteiger partial charge in [-0.05, 0) is 13.8 Å². The van der Waals surface area contributed by atoms with E-state index in [0.717, 1.165) is 0 Å². The first-order chi connectivity index (χ1) is 5.55. The van der Waals surface area contributed by atoms with Gasteiger partial charge in [0.1, 0.15) is 6.10 Å². The van der Waals surface area contributed by atoms with Crippen LogP contribution in [-0.2, 0) is 19.1 Å². The lowest BCUT2D eigenvalue weighted by Gasteiger charge is -2.34. The van der Waals surface area contributed by atoms with Crippen molar-refractivity contribution in [1.82, 2.24) is 0 Å². The molecule has 0 saturated carbocycles. The van der Waals surface area contributed by atoms with Crippen LogP contribution < -0.4 is 0 Å². The average molecular weight is 172 g/mol. The van der Waals surface area contributed by atoms with Gasteiger partial charge in [-0.15, -0.1) is 0 Å². The van der Waals surface area contributed by atoms with E-state index in [4.69, 9.17) is 9.47 Å². The second-order valence-corrected chi connectivity index (χ2v) is 3.16. The van der Waals surface area contributed by atoms with Gasteiger partial charge in [0.15, 0.2) is 12.1 Å². The average Bonchev–Trinajstić information content (AvgIpc) is 2.01. The van der Waals surface area contributed by atoms with Crippen LogP contribution in [0.2, 0.25) is 0 Å². The molecule has 1 saturated heterocycles. The number of aldehydes is 1. The molecule has 1 unspecified atom stereocenters. The summed E-state index contributed by atoms with van der Waals surface area (Å²) in [5, 5.41) is 0. The highest BCUT2D eigenvalue weighted by Crippen LogP contribution is 2.21. The minimum absolute atomic E-state index is 0.298. The second kappa shape index (κ2) is 3.33. The number of carbonyl (C=O) groups is 2. The van der Waals surface area contributed by atoms with Crippen molar-refractivity contribution in [3.05, 3.63) is 0 Å². The molecule has 0 bridgehead atoms. The molecule has 0 aromatic carbocycles. The molecule has 0 spiro atoms. The molecule has 1 aliphatic rings. The fraction of sp³-hybridized carbons (Fsp3) is 0.750. The van der Waals surface area contributed by atoms with Gasteiger partial charge in [0.2, 0.25) is 5.78 Å². The smallest absolute Gasteiger partial charge is 0.224 e. The Morgan fingerprint density at radius 2 is 2.25 bits per heavy atom. The SMILES string of the molecule is CC1(C)OCCC(C(=O)C=O)O1. The van der Waals surface area contributed by atoms with Crippen LogP contribution in [0.3, 0.4) is 0 Å². The molecule has 1 aliphatic heterocycles. The van der Waals surface area contributed by atoms with Crippen LogP contribution in [0.15, 0.2) is 0 Å². The lowest BCUT2D eigenvalue weighted by molar-refractivity contribution is -0.266. The highest BCUT2D eigenvalue weighted by molar-refractivity contribution is 6.27. The maximum atomic E-state index is 10.9. The second-order valence-electron chi connectivity index (χ2n) is 3.16. The summed E-state index contributed by atoms with van der Waals surface area (Å²) in [6.45, 7) is 3.89. The molecule has 1 fully saturated rings. The van der Waals surface area contributed by atoms with E-state index >= 15 is 0 Å². The third kappa shape index (κ3) is 2.12. The minimum atomic E-state index is -0.748. The predicted octanol–water partition coefficient (Wildman–Crippen LogP) is 0.296. The zero-order chi connectivity index (χ0) is 9.19. The van der Waals surface area contributed by atoms with Crippen molar-refractivity contribution in [2.24, 2.45) is 0 Å². The van der Waals surface area contributed by atoms with Crippen LogP contribution in [0.1, 0.15) is 20.3 Å². The third-order valence-electron chi connectivity index (χ3n) is 1.69. The Kier molecular flexibility index (Phi) is 2.59. The van der Waals surface area contributed by atoms with Gasteiger partial charge in [-0.3, -0.25) is 9.59 Å². The summed E-state index contributed by atoms with van der Waals surface area (Å²) in [4.78, 5) is 21.1. The number of ketones is 1. The molecule has 0 aromatic rings. The van der Waals surface area contributed by atoms with E-state index in [2.05, 4.69) is 0 Å². The Bertz CT molecular complexity index is 197. The number of hydrogen-bond acceptors (Lipinski definition) is 4. The maximum absolute atomic E-state index is 10.9. The van der Waals surface area contributed by atoms with Crippen molar-refractivity contribution >= 4 is 12.1 Å². The summed E-state index contributed by atoms with van der Waals surface area (Å²) in [6, 6.07) is 0. The van der Waals surface area contributed by atoms with E-state index in [0.29, 0.717) is 19.3 Å². The monoisotopic (exact) mass is 172 g/mol. The number of rotatable bonds is 2. The van der Waals surface area contributed by atoms with Gasteiger partial charge in [0.25, 0.3) is 0 Å². The maximum Gasteiger partial charge on any atom is 0.224 e. The Labute approximate surface area is 70.8 Å². The van der Waals surface area contributed by atoms with Crippen LogP contribution in [0.4, 0.5) is 0 Å². The molecule has 0 amide bonds. The molecule has 4 nitrogen and oxygen atoms in total. The van der Waals surface area contributed by atoms with Crippen LogP contribution in [0.25, 0.3) is 0 Å². The fourth-order valence-electron chi connectivity index (χ4n) is 1.12. The number of ether oxygens (including phenoxy) is 2.